The Labute approximate surface area is 270 Å². The van der Waals surface area contributed by atoms with Crippen LogP contribution in [0.15, 0.2) is 89.7 Å². The van der Waals surface area contributed by atoms with Gasteiger partial charge in [0.15, 0.2) is 0 Å². The molecular weight excluding hydrogens is 552 g/mol. The van der Waals surface area contributed by atoms with Gasteiger partial charge >= 0.3 is 0 Å². The highest BCUT2D eigenvalue weighted by Crippen LogP contribution is 2.47. The van der Waals surface area contributed by atoms with E-state index < -0.39 is 0 Å². The van der Waals surface area contributed by atoms with E-state index in [2.05, 4.69) is 157 Å². The normalized spacial score (nSPS) is 20.1. The van der Waals surface area contributed by atoms with Gasteiger partial charge in [0.25, 0.3) is 0 Å². The van der Waals surface area contributed by atoms with Crippen LogP contribution in [0.4, 0.5) is 22.7 Å². The maximum Gasteiger partial charge on any atom is 0.126 e. The lowest BCUT2D eigenvalue weighted by Crippen LogP contribution is -2.35. The molecule has 0 spiro atoms. The summed E-state index contributed by atoms with van der Waals surface area (Å²) < 4.78 is 5.67. The van der Waals surface area contributed by atoms with E-state index in [1.165, 1.54) is 50.6 Å². The van der Waals surface area contributed by atoms with Gasteiger partial charge < -0.3 is 25.7 Å². The van der Waals surface area contributed by atoms with E-state index >= 15 is 0 Å². The third kappa shape index (κ3) is 6.93. The van der Waals surface area contributed by atoms with Crippen LogP contribution in [0.5, 0.6) is 0 Å². The lowest BCUT2D eigenvalue weighted by Gasteiger charge is -2.40. The molecule has 0 radical (unpaired) electrons. The summed E-state index contributed by atoms with van der Waals surface area (Å²) in [5.41, 5.74) is 11.5. The Morgan fingerprint density at radius 3 is 2.20 bits per heavy atom. The van der Waals surface area contributed by atoms with Crippen LogP contribution in [0.25, 0.3) is 0 Å². The highest BCUT2D eigenvalue weighted by atomic mass is 16.3. The monoisotopic (exact) mass is 604 g/mol. The van der Waals surface area contributed by atoms with Gasteiger partial charge in [-0.15, -0.1) is 0 Å². The van der Waals surface area contributed by atoms with E-state index in [0.717, 1.165) is 18.6 Å². The Kier molecular flexibility index (Phi) is 9.38. The summed E-state index contributed by atoms with van der Waals surface area (Å²) >= 11 is 0. The van der Waals surface area contributed by atoms with Crippen molar-refractivity contribution in [3.05, 3.63) is 119 Å². The molecule has 6 rings (SSSR count). The summed E-state index contributed by atoms with van der Waals surface area (Å²) in [7, 11) is 0. The Morgan fingerprint density at radius 2 is 1.56 bits per heavy atom. The standard InChI is InChI=1S/C21H26N2.C19H26N2O/c1-5-16(3)23-18-13-15(2)20-19(14-18)21(4,11-12-22-20)17-9-7-6-8-10-17;1-12(2)20-15-9-13(3)17-14(10-15)11-19(4,5)18(21-17)16-7-6-8-22-16/h6-14,16,22-23H,5H2,1-4H3;6-10,12,18,20-21H,11H2,1-5H3. The van der Waals surface area contributed by atoms with Gasteiger partial charge in [-0.1, -0.05) is 57.2 Å². The molecule has 2 aliphatic rings. The average Bonchev–Trinajstić information content (AvgIpc) is 3.52. The fourth-order valence-corrected chi connectivity index (χ4v) is 6.74. The van der Waals surface area contributed by atoms with Crippen LogP contribution in [0.2, 0.25) is 0 Å². The number of anilines is 4. The second-order valence-electron chi connectivity index (χ2n) is 14.1. The molecule has 3 unspecified atom stereocenters. The van der Waals surface area contributed by atoms with Crippen LogP contribution < -0.4 is 21.3 Å². The van der Waals surface area contributed by atoms with Crippen molar-refractivity contribution in [1.29, 1.82) is 0 Å². The van der Waals surface area contributed by atoms with Gasteiger partial charge in [-0.05, 0) is 130 Å². The molecule has 1 aromatic heterocycles. The lowest BCUT2D eigenvalue weighted by molar-refractivity contribution is 0.263. The van der Waals surface area contributed by atoms with Crippen molar-refractivity contribution in [3.8, 4) is 0 Å². The molecule has 0 saturated heterocycles. The Balaban J connectivity index is 0.000000178. The van der Waals surface area contributed by atoms with Gasteiger partial charge in [0.1, 0.15) is 5.76 Å². The first-order valence-electron chi connectivity index (χ1n) is 16.5. The first kappa shape index (κ1) is 32.3. The summed E-state index contributed by atoms with van der Waals surface area (Å²) in [6, 6.07) is 24.9. The van der Waals surface area contributed by atoms with E-state index in [0.29, 0.717) is 12.1 Å². The van der Waals surface area contributed by atoms with Gasteiger partial charge in [0.2, 0.25) is 0 Å². The zero-order valence-electron chi connectivity index (χ0n) is 28.6. The molecule has 4 N–H and O–H groups in total. The van der Waals surface area contributed by atoms with E-state index in [1.54, 1.807) is 6.26 Å². The van der Waals surface area contributed by atoms with Crippen LogP contribution in [0.3, 0.4) is 0 Å². The van der Waals surface area contributed by atoms with Crippen LogP contribution in [-0.2, 0) is 11.8 Å². The van der Waals surface area contributed by atoms with Crippen LogP contribution in [0, 0.1) is 19.3 Å². The molecule has 3 aromatic carbocycles. The maximum atomic E-state index is 5.67. The van der Waals surface area contributed by atoms with E-state index in [9.17, 15) is 0 Å². The number of hydrogen-bond donors (Lipinski definition) is 4. The van der Waals surface area contributed by atoms with Gasteiger partial charge in [-0.25, -0.2) is 0 Å². The van der Waals surface area contributed by atoms with Crippen molar-refractivity contribution < 1.29 is 4.42 Å². The van der Waals surface area contributed by atoms with Gasteiger partial charge in [0, 0.05) is 40.2 Å². The molecule has 0 amide bonds. The van der Waals surface area contributed by atoms with Gasteiger partial charge in [0.05, 0.1) is 12.3 Å². The predicted octanol–water partition coefficient (Wildman–Crippen LogP) is 10.6. The molecule has 5 nitrogen and oxygen atoms in total. The molecule has 3 heterocycles. The Bertz CT molecular complexity index is 1620. The number of nitrogens with one attached hydrogen (secondary N) is 4. The zero-order chi connectivity index (χ0) is 32.4. The molecule has 0 fully saturated rings. The van der Waals surface area contributed by atoms with Crippen LogP contribution in [-0.4, -0.2) is 12.1 Å². The number of benzene rings is 3. The van der Waals surface area contributed by atoms with Gasteiger partial charge in [-0.3, -0.25) is 0 Å². The summed E-state index contributed by atoms with van der Waals surface area (Å²) in [6.45, 7) is 20.0. The van der Waals surface area contributed by atoms with E-state index in [-0.39, 0.29) is 16.9 Å². The molecule has 5 heteroatoms. The number of rotatable bonds is 7. The molecule has 45 heavy (non-hydrogen) atoms. The lowest BCUT2D eigenvalue weighted by atomic mass is 9.73. The molecule has 0 bridgehead atoms. The molecule has 4 aromatic rings. The Morgan fingerprint density at radius 1 is 0.867 bits per heavy atom. The fourth-order valence-electron chi connectivity index (χ4n) is 6.74. The Hall–Kier alpha value is -4.12. The highest BCUT2D eigenvalue weighted by Gasteiger charge is 2.38. The van der Waals surface area contributed by atoms with E-state index in [4.69, 9.17) is 4.42 Å². The maximum absolute atomic E-state index is 5.67. The van der Waals surface area contributed by atoms with Crippen molar-refractivity contribution in [1.82, 2.24) is 0 Å². The van der Waals surface area contributed by atoms with Crippen LogP contribution in [0.1, 0.15) is 94.5 Å². The molecule has 238 valence electrons. The zero-order valence-corrected chi connectivity index (χ0v) is 28.6. The van der Waals surface area contributed by atoms with Crippen molar-refractivity contribution in [3.63, 3.8) is 0 Å². The minimum atomic E-state index is -0.111. The second-order valence-corrected chi connectivity index (χ2v) is 14.1. The van der Waals surface area contributed by atoms with Crippen molar-refractivity contribution in [2.75, 3.05) is 21.3 Å². The average molecular weight is 605 g/mol. The first-order chi connectivity index (χ1) is 21.4. The topological polar surface area (TPSA) is 61.3 Å². The number of allylic oxidation sites excluding steroid dienone is 1. The molecular formula is C40H52N4O. The number of furan rings is 1. The molecule has 0 saturated carbocycles. The molecule has 2 aliphatic heterocycles. The van der Waals surface area contributed by atoms with Crippen molar-refractivity contribution in [2.45, 2.75) is 98.7 Å². The molecule has 0 aliphatic carbocycles. The highest BCUT2D eigenvalue weighted by molar-refractivity contribution is 5.72. The predicted molar refractivity (Wildman–Crippen MR) is 193 cm³/mol. The minimum absolute atomic E-state index is 0.105. The number of hydrogen-bond acceptors (Lipinski definition) is 5. The summed E-state index contributed by atoms with van der Waals surface area (Å²) in [5, 5.41) is 14.3. The smallest absolute Gasteiger partial charge is 0.126 e. The third-order valence-electron chi connectivity index (χ3n) is 9.35. The van der Waals surface area contributed by atoms with Crippen LogP contribution >= 0.6 is 0 Å². The summed E-state index contributed by atoms with van der Waals surface area (Å²) in [4.78, 5) is 0. The third-order valence-corrected chi connectivity index (χ3v) is 9.35. The van der Waals surface area contributed by atoms with Crippen molar-refractivity contribution in [2.24, 2.45) is 5.41 Å². The minimum Gasteiger partial charge on any atom is -0.467 e. The largest absolute Gasteiger partial charge is 0.467 e. The summed E-state index contributed by atoms with van der Waals surface area (Å²) in [5.74, 6) is 1.01. The molecule has 3 atom stereocenters. The summed E-state index contributed by atoms with van der Waals surface area (Å²) in [6.07, 6.45) is 8.24. The van der Waals surface area contributed by atoms with Crippen molar-refractivity contribution >= 4 is 22.7 Å². The first-order valence-corrected chi connectivity index (χ1v) is 16.5. The number of aryl methyl sites for hydroxylation is 2. The quantitative estimate of drug-likeness (QED) is 0.169. The SMILES string of the molecule is CCC(C)Nc1cc(C)c2c(c1)C(C)(c1ccccc1)C=CN2.Cc1cc(NC(C)C)cc2c1NC(c1ccco1)C(C)(C)C2. The van der Waals surface area contributed by atoms with E-state index in [1.807, 2.05) is 6.07 Å². The fraction of sp³-hybridized carbons (Fsp3) is 0.400. The van der Waals surface area contributed by atoms with Gasteiger partial charge in [-0.2, -0.15) is 0 Å². The number of fused-ring (bicyclic) bond motifs is 2. The second kappa shape index (κ2) is 13.1.